The molecule has 2 fully saturated rings. The molecule has 9 heteroatoms. The van der Waals surface area contributed by atoms with E-state index in [-0.39, 0.29) is 6.03 Å². The van der Waals surface area contributed by atoms with Gasteiger partial charge in [0.2, 0.25) is 0 Å². The normalized spacial score (nSPS) is 17.5. The molecule has 4 rings (SSSR count). The maximum atomic E-state index is 12.8. The molecule has 1 aliphatic heterocycles. The third kappa shape index (κ3) is 5.09. The number of benzene rings is 1. The van der Waals surface area contributed by atoms with Gasteiger partial charge >= 0.3 is 6.03 Å². The molecule has 1 saturated heterocycles. The van der Waals surface area contributed by atoms with Crippen LogP contribution in [-0.2, 0) is 4.84 Å². The number of piperazine rings is 1. The molecule has 0 bridgehead atoms. The Labute approximate surface area is 188 Å². The first-order chi connectivity index (χ1) is 15.7. The lowest BCUT2D eigenvalue weighted by molar-refractivity contribution is 0.208. The minimum atomic E-state index is -0.0848. The van der Waals surface area contributed by atoms with Gasteiger partial charge in [-0.25, -0.2) is 14.8 Å². The number of hydrogen-bond donors (Lipinski definition) is 2. The highest BCUT2D eigenvalue weighted by Gasteiger charge is 2.24. The van der Waals surface area contributed by atoms with Gasteiger partial charge in [0.1, 0.15) is 25.1 Å². The topological polar surface area (TPSA) is 109 Å². The maximum Gasteiger partial charge on any atom is 0.321 e. The summed E-state index contributed by atoms with van der Waals surface area (Å²) in [6.45, 7) is 2.43. The van der Waals surface area contributed by atoms with Crippen molar-refractivity contribution in [3.8, 4) is 0 Å². The molecule has 0 spiro atoms. The average molecular weight is 438 g/mol. The van der Waals surface area contributed by atoms with Crippen molar-refractivity contribution in [2.75, 3.05) is 49.2 Å². The van der Waals surface area contributed by atoms with Gasteiger partial charge in [0.25, 0.3) is 0 Å². The molecule has 2 aliphatic rings. The van der Waals surface area contributed by atoms with Crippen LogP contribution in [0.5, 0.6) is 0 Å². The number of nitrogen functional groups attached to an aromatic ring is 1. The van der Waals surface area contributed by atoms with Gasteiger partial charge in [-0.3, -0.25) is 0 Å². The van der Waals surface area contributed by atoms with Gasteiger partial charge in [0.15, 0.2) is 0 Å². The van der Waals surface area contributed by atoms with E-state index in [2.05, 4.69) is 37.5 Å². The van der Waals surface area contributed by atoms with Gasteiger partial charge in [-0.05, 0) is 36.5 Å². The van der Waals surface area contributed by atoms with Crippen molar-refractivity contribution in [1.29, 1.82) is 0 Å². The predicted molar refractivity (Wildman–Crippen MR) is 126 cm³/mol. The predicted octanol–water partition coefficient (Wildman–Crippen LogP) is 3.44. The van der Waals surface area contributed by atoms with Crippen LogP contribution in [0.25, 0.3) is 0 Å². The summed E-state index contributed by atoms with van der Waals surface area (Å²) < 4.78 is 0. The highest BCUT2D eigenvalue weighted by Crippen LogP contribution is 2.33. The summed E-state index contributed by atoms with van der Waals surface area (Å²) in [4.78, 5) is 29.8. The van der Waals surface area contributed by atoms with Crippen molar-refractivity contribution in [3.05, 3.63) is 41.7 Å². The van der Waals surface area contributed by atoms with E-state index in [4.69, 9.17) is 10.6 Å². The molecule has 3 N–H and O–H groups in total. The standard InChI is InChI=1S/C23H31N7O2/c1-32-27-15-20-21(24)25-16-26-22(20)29-11-13-30(14-12-29)23(31)28-19-9-7-18(8-10-19)17-5-3-2-4-6-17/h7-10,15-17H,2-6,11-14H2,1H3,(H,28,31)(H2,24,25,26). The number of nitrogens with zero attached hydrogens (tertiary/aromatic N) is 5. The van der Waals surface area contributed by atoms with Crippen LogP contribution in [0.1, 0.15) is 49.1 Å². The lowest BCUT2D eigenvalue weighted by Gasteiger charge is -2.35. The van der Waals surface area contributed by atoms with E-state index in [1.54, 1.807) is 0 Å². The van der Waals surface area contributed by atoms with Crippen molar-refractivity contribution >= 4 is 29.6 Å². The fraction of sp³-hybridized carbons (Fsp3) is 0.478. The zero-order valence-corrected chi connectivity index (χ0v) is 18.5. The van der Waals surface area contributed by atoms with Crippen LogP contribution in [0.4, 0.5) is 22.1 Å². The summed E-state index contributed by atoms with van der Waals surface area (Å²) >= 11 is 0. The third-order valence-corrected chi connectivity index (χ3v) is 6.29. The van der Waals surface area contributed by atoms with E-state index in [9.17, 15) is 4.79 Å². The van der Waals surface area contributed by atoms with Gasteiger partial charge in [-0.2, -0.15) is 0 Å². The first kappa shape index (κ1) is 21.9. The van der Waals surface area contributed by atoms with E-state index < -0.39 is 0 Å². The number of nitrogens with one attached hydrogen (secondary N) is 1. The molecule has 32 heavy (non-hydrogen) atoms. The second kappa shape index (κ2) is 10.3. The Bertz CT molecular complexity index is 934. The zero-order valence-electron chi connectivity index (χ0n) is 18.5. The van der Waals surface area contributed by atoms with Crippen LogP contribution in [-0.4, -0.2) is 60.4 Å². The number of amides is 2. The molecule has 1 aromatic heterocycles. The fourth-order valence-corrected chi connectivity index (χ4v) is 4.48. The Morgan fingerprint density at radius 2 is 1.84 bits per heavy atom. The van der Waals surface area contributed by atoms with Gasteiger partial charge in [0.05, 0.1) is 11.8 Å². The van der Waals surface area contributed by atoms with E-state index in [1.165, 1.54) is 57.3 Å². The summed E-state index contributed by atoms with van der Waals surface area (Å²) in [6, 6.07) is 8.27. The van der Waals surface area contributed by atoms with Gasteiger partial charge in [0, 0.05) is 31.9 Å². The average Bonchev–Trinajstić information content (AvgIpc) is 2.84. The summed E-state index contributed by atoms with van der Waals surface area (Å²) in [7, 11) is 1.47. The second-order valence-corrected chi connectivity index (χ2v) is 8.27. The van der Waals surface area contributed by atoms with Crippen LogP contribution in [0.3, 0.4) is 0 Å². The number of anilines is 3. The summed E-state index contributed by atoms with van der Waals surface area (Å²) in [6.07, 6.45) is 9.48. The minimum absolute atomic E-state index is 0.0848. The van der Waals surface area contributed by atoms with E-state index in [0.717, 1.165) is 5.69 Å². The molecule has 0 unspecified atom stereocenters. The van der Waals surface area contributed by atoms with E-state index in [0.29, 0.717) is 49.3 Å². The molecule has 2 heterocycles. The Hall–Kier alpha value is -3.36. The van der Waals surface area contributed by atoms with Crippen molar-refractivity contribution < 1.29 is 9.63 Å². The van der Waals surface area contributed by atoms with Crippen molar-refractivity contribution in [1.82, 2.24) is 14.9 Å². The fourth-order valence-electron chi connectivity index (χ4n) is 4.48. The lowest BCUT2D eigenvalue weighted by Crippen LogP contribution is -2.50. The number of nitrogens with two attached hydrogens (primary N) is 1. The molecule has 0 atom stereocenters. The summed E-state index contributed by atoms with van der Waals surface area (Å²) in [5, 5.41) is 6.83. The lowest BCUT2D eigenvalue weighted by atomic mass is 9.84. The number of rotatable bonds is 5. The second-order valence-electron chi connectivity index (χ2n) is 8.27. The van der Waals surface area contributed by atoms with E-state index >= 15 is 0 Å². The molecule has 1 aromatic carbocycles. The smallest absolute Gasteiger partial charge is 0.321 e. The van der Waals surface area contributed by atoms with Crippen molar-refractivity contribution in [3.63, 3.8) is 0 Å². The molecule has 1 aliphatic carbocycles. The quantitative estimate of drug-likeness (QED) is 0.548. The Balaban J connectivity index is 1.33. The van der Waals surface area contributed by atoms with Crippen molar-refractivity contribution in [2.24, 2.45) is 5.16 Å². The highest BCUT2D eigenvalue weighted by molar-refractivity contribution is 5.92. The van der Waals surface area contributed by atoms with E-state index in [1.807, 2.05) is 17.0 Å². The zero-order chi connectivity index (χ0) is 22.3. The van der Waals surface area contributed by atoms with Gasteiger partial charge in [-0.1, -0.05) is 36.6 Å². The molecular formula is C23H31N7O2. The van der Waals surface area contributed by atoms with Gasteiger partial charge in [-0.15, -0.1) is 0 Å². The van der Waals surface area contributed by atoms with Gasteiger partial charge < -0.3 is 25.7 Å². The number of oxime groups is 1. The number of carbonyl (C=O) groups is 1. The molecule has 170 valence electrons. The van der Waals surface area contributed by atoms with Crippen LogP contribution < -0.4 is 16.0 Å². The largest absolute Gasteiger partial charge is 0.399 e. The molecule has 2 amide bonds. The molecular weight excluding hydrogens is 406 g/mol. The first-order valence-corrected chi connectivity index (χ1v) is 11.2. The minimum Gasteiger partial charge on any atom is -0.399 e. The molecule has 2 aromatic rings. The number of urea groups is 1. The number of hydrogen-bond acceptors (Lipinski definition) is 7. The number of carbonyl (C=O) groups excluding carboxylic acids is 1. The Morgan fingerprint density at radius 1 is 1.12 bits per heavy atom. The summed E-state index contributed by atoms with van der Waals surface area (Å²) in [5.41, 5.74) is 8.82. The number of aromatic nitrogens is 2. The van der Waals surface area contributed by atoms with Crippen LogP contribution in [0, 0.1) is 0 Å². The molecule has 9 nitrogen and oxygen atoms in total. The third-order valence-electron chi connectivity index (χ3n) is 6.29. The Kier molecular flexibility index (Phi) is 7.03. The summed E-state index contributed by atoms with van der Waals surface area (Å²) in [5.74, 6) is 1.69. The Morgan fingerprint density at radius 3 is 2.53 bits per heavy atom. The molecule has 0 radical (unpaired) electrons. The molecule has 1 saturated carbocycles. The van der Waals surface area contributed by atoms with Crippen LogP contribution in [0.2, 0.25) is 0 Å². The maximum absolute atomic E-state index is 12.8. The first-order valence-electron chi connectivity index (χ1n) is 11.2. The SMILES string of the molecule is CON=Cc1c(N)ncnc1N1CCN(C(=O)Nc2ccc(C3CCCCC3)cc2)CC1. The van der Waals surface area contributed by atoms with Crippen LogP contribution >= 0.6 is 0 Å². The van der Waals surface area contributed by atoms with Crippen molar-refractivity contribution in [2.45, 2.75) is 38.0 Å². The highest BCUT2D eigenvalue weighted by atomic mass is 16.6. The van der Waals surface area contributed by atoms with Crippen LogP contribution in [0.15, 0.2) is 35.7 Å². The monoisotopic (exact) mass is 437 g/mol.